The van der Waals surface area contributed by atoms with E-state index in [2.05, 4.69) is 4.98 Å². The van der Waals surface area contributed by atoms with E-state index in [1.807, 2.05) is 0 Å². The van der Waals surface area contributed by atoms with E-state index < -0.39 is 12.1 Å². The van der Waals surface area contributed by atoms with Crippen molar-refractivity contribution in [2.45, 2.75) is 13.0 Å². The maximum atomic E-state index is 11.4. The third-order valence-electron chi connectivity index (χ3n) is 1.65. The molecule has 15 heavy (non-hydrogen) atoms. The van der Waals surface area contributed by atoms with Gasteiger partial charge < -0.3 is 9.47 Å². The van der Waals surface area contributed by atoms with Gasteiger partial charge in [0.15, 0.2) is 6.10 Å². The number of aromatic nitrogens is 1. The summed E-state index contributed by atoms with van der Waals surface area (Å²) in [4.78, 5) is 15.2. The highest BCUT2D eigenvalue weighted by molar-refractivity contribution is 5.89. The lowest BCUT2D eigenvalue weighted by molar-refractivity contribution is 0.0435. The maximum Gasteiger partial charge on any atom is 0.341 e. The van der Waals surface area contributed by atoms with Crippen LogP contribution in [0.3, 0.4) is 0 Å². The Labute approximate surface area is 87.3 Å². The Bertz CT molecular complexity index is 381. The average molecular weight is 206 g/mol. The lowest BCUT2D eigenvalue weighted by atomic mass is 10.3. The molecule has 0 aromatic carbocycles. The Morgan fingerprint density at radius 3 is 2.80 bits per heavy atom. The monoisotopic (exact) mass is 206 g/mol. The molecule has 0 amide bonds. The molecule has 0 aliphatic rings. The number of hydrogen-bond acceptors (Lipinski definition) is 5. The second kappa shape index (κ2) is 4.96. The summed E-state index contributed by atoms with van der Waals surface area (Å²) >= 11 is 0. The molecule has 1 heterocycles. The lowest BCUT2D eigenvalue weighted by Crippen LogP contribution is -2.13. The predicted molar refractivity (Wildman–Crippen MR) is 51.3 cm³/mol. The summed E-state index contributed by atoms with van der Waals surface area (Å²) < 4.78 is 9.61. The zero-order valence-electron chi connectivity index (χ0n) is 8.43. The Morgan fingerprint density at radius 2 is 2.33 bits per heavy atom. The molecule has 0 fully saturated rings. The van der Waals surface area contributed by atoms with Crippen LogP contribution in [0.1, 0.15) is 17.3 Å². The minimum absolute atomic E-state index is 0.290. The summed E-state index contributed by atoms with van der Waals surface area (Å²) in [5, 5.41) is 8.45. The fourth-order valence-corrected chi connectivity index (χ4v) is 0.877. The van der Waals surface area contributed by atoms with Gasteiger partial charge in [-0.2, -0.15) is 5.26 Å². The molecule has 0 aliphatic carbocycles. The van der Waals surface area contributed by atoms with Gasteiger partial charge in [-0.3, -0.25) is 0 Å². The fourth-order valence-electron chi connectivity index (χ4n) is 0.877. The van der Waals surface area contributed by atoms with Crippen LogP contribution in [0.25, 0.3) is 0 Å². The predicted octanol–water partition coefficient (Wildman–Crippen LogP) is 1.16. The van der Waals surface area contributed by atoms with Crippen LogP contribution in [0.15, 0.2) is 18.3 Å². The summed E-state index contributed by atoms with van der Waals surface area (Å²) in [5.74, 6) is -0.154. The second-order valence-corrected chi connectivity index (χ2v) is 2.77. The van der Waals surface area contributed by atoms with Gasteiger partial charge in [0.1, 0.15) is 6.07 Å². The van der Waals surface area contributed by atoms with Crippen molar-refractivity contribution in [1.29, 1.82) is 5.26 Å². The molecule has 0 saturated heterocycles. The summed E-state index contributed by atoms with van der Waals surface area (Å²) in [6.07, 6.45) is 0.574. The van der Waals surface area contributed by atoms with Crippen LogP contribution in [0, 0.1) is 11.3 Å². The van der Waals surface area contributed by atoms with Gasteiger partial charge in [-0.05, 0) is 13.0 Å². The van der Waals surface area contributed by atoms with Gasteiger partial charge in [0.05, 0.1) is 12.7 Å². The molecule has 1 unspecified atom stereocenters. The highest BCUT2D eigenvalue weighted by Gasteiger charge is 2.11. The van der Waals surface area contributed by atoms with Crippen molar-refractivity contribution in [3.05, 3.63) is 23.9 Å². The lowest BCUT2D eigenvalue weighted by Gasteiger charge is -2.05. The largest absolute Gasteiger partial charge is 0.481 e. The number of nitrogens with zero attached hydrogens (tertiary/aromatic N) is 2. The van der Waals surface area contributed by atoms with Gasteiger partial charge in [0.25, 0.3) is 0 Å². The second-order valence-electron chi connectivity index (χ2n) is 2.77. The van der Waals surface area contributed by atoms with Gasteiger partial charge in [-0.1, -0.05) is 0 Å². The molecule has 0 N–H and O–H groups in total. The van der Waals surface area contributed by atoms with E-state index in [0.717, 1.165) is 0 Å². The molecule has 1 rings (SSSR count). The van der Waals surface area contributed by atoms with Gasteiger partial charge >= 0.3 is 5.97 Å². The number of carbonyl (C=O) groups excluding carboxylic acids is 1. The molecule has 0 spiro atoms. The number of nitriles is 1. The van der Waals surface area contributed by atoms with Crippen LogP contribution < -0.4 is 4.74 Å². The molecule has 1 aromatic heterocycles. The smallest absolute Gasteiger partial charge is 0.341 e. The molecule has 1 aromatic rings. The van der Waals surface area contributed by atoms with E-state index in [1.165, 1.54) is 26.3 Å². The number of methoxy groups -OCH3 is 1. The first-order valence-corrected chi connectivity index (χ1v) is 4.28. The van der Waals surface area contributed by atoms with Crippen LogP contribution in [-0.4, -0.2) is 24.2 Å². The van der Waals surface area contributed by atoms with Crippen molar-refractivity contribution in [3.8, 4) is 11.9 Å². The first-order chi connectivity index (χ1) is 7.17. The first kappa shape index (κ1) is 11.0. The molecule has 1 atom stereocenters. The molecule has 0 saturated carbocycles. The molecular formula is C10H10N2O3. The van der Waals surface area contributed by atoms with Crippen molar-refractivity contribution in [1.82, 2.24) is 4.98 Å². The van der Waals surface area contributed by atoms with E-state index in [0.29, 0.717) is 5.88 Å². The molecule has 78 valence electrons. The first-order valence-electron chi connectivity index (χ1n) is 4.28. The normalized spacial score (nSPS) is 11.3. The van der Waals surface area contributed by atoms with E-state index in [9.17, 15) is 4.79 Å². The quantitative estimate of drug-likeness (QED) is 0.694. The molecule has 5 heteroatoms. The number of rotatable bonds is 3. The Balaban J connectivity index is 2.71. The van der Waals surface area contributed by atoms with Crippen LogP contribution in [0.5, 0.6) is 5.88 Å². The van der Waals surface area contributed by atoms with Crippen LogP contribution in [0.2, 0.25) is 0 Å². The standard InChI is InChI=1S/C10H10N2O3/c1-7(5-11)15-10(13)8-3-4-9(14-2)12-6-8/h3-4,6-7H,1-2H3. The topological polar surface area (TPSA) is 72.2 Å². The average Bonchev–Trinajstić information content (AvgIpc) is 2.29. The van der Waals surface area contributed by atoms with Crippen LogP contribution in [-0.2, 0) is 4.74 Å². The van der Waals surface area contributed by atoms with E-state index in [4.69, 9.17) is 14.7 Å². The Morgan fingerprint density at radius 1 is 1.60 bits per heavy atom. The summed E-state index contributed by atoms with van der Waals surface area (Å²) in [6.45, 7) is 1.49. The fraction of sp³-hybridized carbons (Fsp3) is 0.300. The van der Waals surface area contributed by atoms with Crippen molar-refractivity contribution < 1.29 is 14.3 Å². The molecule has 0 radical (unpaired) electrons. The van der Waals surface area contributed by atoms with Gasteiger partial charge in [0, 0.05) is 12.3 Å². The highest BCUT2D eigenvalue weighted by Crippen LogP contribution is 2.08. The molecule has 0 bridgehead atoms. The van der Waals surface area contributed by atoms with Gasteiger partial charge in [-0.15, -0.1) is 0 Å². The summed E-state index contributed by atoms with van der Waals surface area (Å²) in [6, 6.07) is 4.88. The SMILES string of the molecule is COc1ccc(C(=O)OC(C)C#N)cn1. The van der Waals surface area contributed by atoms with Crippen LogP contribution in [0.4, 0.5) is 0 Å². The van der Waals surface area contributed by atoms with Crippen molar-refractivity contribution in [3.63, 3.8) is 0 Å². The number of carbonyl (C=O) groups is 1. The third kappa shape index (κ3) is 2.95. The minimum atomic E-state index is -0.764. The number of hydrogen-bond donors (Lipinski definition) is 0. The molecular weight excluding hydrogens is 196 g/mol. The third-order valence-corrected chi connectivity index (χ3v) is 1.65. The highest BCUT2D eigenvalue weighted by atomic mass is 16.5. The van der Waals surface area contributed by atoms with Crippen molar-refractivity contribution >= 4 is 5.97 Å². The van der Waals surface area contributed by atoms with E-state index in [-0.39, 0.29) is 5.56 Å². The zero-order valence-corrected chi connectivity index (χ0v) is 8.43. The molecule has 5 nitrogen and oxygen atoms in total. The minimum Gasteiger partial charge on any atom is -0.481 e. The number of pyridine rings is 1. The van der Waals surface area contributed by atoms with Gasteiger partial charge in [0.2, 0.25) is 5.88 Å². The summed E-state index contributed by atoms with van der Waals surface area (Å²) in [7, 11) is 1.48. The zero-order chi connectivity index (χ0) is 11.3. The van der Waals surface area contributed by atoms with Crippen LogP contribution >= 0.6 is 0 Å². The number of esters is 1. The van der Waals surface area contributed by atoms with Gasteiger partial charge in [-0.25, -0.2) is 9.78 Å². The van der Waals surface area contributed by atoms with Crippen molar-refractivity contribution in [2.24, 2.45) is 0 Å². The maximum absolute atomic E-state index is 11.4. The van der Waals surface area contributed by atoms with Crippen molar-refractivity contribution in [2.75, 3.05) is 7.11 Å². The summed E-state index contributed by atoms with van der Waals surface area (Å²) in [5.41, 5.74) is 0.290. The van der Waals surface area contributed by atoms with E-state index >= 15 is 0 Å². The number of ether oxygens (including phenoxy) is 2. The Kier molecular flexibility index (Phi) is 3.63. The Hall–Kier alpha value is -2.09. The molecule has 0 aliphatic heterocycles. The van der Waals surface area contributed by atoms with E-state index in [1.54, 1.807) is 12.1 Å².